The quantitative estimate of drug-likeness (QED) is 0.854. The van der Waals surface area contributed by atoms with Gasteiger partial charge in [-0.05, 0) is 6.07 Å². The van der Waals surface area contributed by atoms with Crippen LogP contribution < -0.4 is 19.9 Å². The van der Waals surface area contributed by atoms with Crippen LogP contribution in [0.15, 0.2) is 36.5 Å². The summed E-state index contributed by atoms with van der Waals surface area (Å²) in [5, 5.41) is 0. The number of pyridine rings is 1. The monoisotopic (exact) mass is 290 g/mol. The van der Waals surface area contributed by atoms with Crippen molar-refractivity contribution in [1.29, 1.82) is 0 Å². The van der Waals surface area contributed by atoms with Crippen LogP contribution in [0.3, 0.4) is 0 Å². The topological polar surface area (TPSA) is 66.6 Å². The van der Waals surface area contributed by atoms with Crippen LogP contribution in [0.1, 0.15) is 5.56 Å². The molecule has 1 aromatic carbocycles. The Morgan fingerprint density at radius 2 is 1.65 bits per heavy atom. The fraction of sp³-hybridized carbons (Fsp3) is 0.143. The number of rotatable bonds is 5. The molecule has 0 spiro atoms. The summed E-state index contributed by atoms with van der Waals surface area (Å²) in [6.07, 6.45) is 1.56. The van der Waals surface area contributed by atoms with Crippen LogP contribution in [0, 0.1) is 0 Å². The first kappa shape index (κ1) is 14.1. The number of hydrogen-bond acceptors (Lipinski definition) is 5. The largest absolute Gasteiger partial charge is 0.496 e. The highest BCUT2D eigenvalue weighted by molar-refractivity contribution is 7.80. The molecule has 0 amide bonds. The maximum absolute atomic E-state index is 5.64. The van der Waals surface area contributed by atoms with Gasteiger partial charge in [-0.2, -0.15) is 0 Å². The molecule has 0 radical (unpaired) electrons. The van der Waals surface area contributed by atoms with Crippen molar-refractivity contribution in [3.63, 3.8) is 0 Å². The maximum Gasteiger partial charge on any atom is 0.219 e. The van der Waals surface area contributed by atoms with Crippen LogP contribution in [0.5, 0.6) is 23.1 Å². The molecule has 1 heterocycles. The van der Waals surface area contributed by atoms with Gasteiger partial charge in [0.15, 0.2) is 0 Å². The average molecular weight is 290 g/mol. The summed E-state index contributed by atoms with van der Waals surface area (Å²) in [7, 11) is 3.15. The van der Waals surface area contributed by atoms with E-state index in [-0.39, 0.29) is 0 Å². The molecule has 0 saturated heterocycles. The van der Waals surface area contributed by atoms with E-state index in [1.807, 2.05) is 0 Å². The molecule has 1 aromatic heterocycles. The fourth-order valence-electron chi connectivity index (χ4n) is 1.55. The van der Waals surface area contributed by atoms with Crippen LogP contribution in [-0.4, -0.2) is 24.2 Å². The fourth-order valence-corrected chi connectivity index (χ4v) is 1.67. The van der Waals surface area contributed by atoms with Crippen molar-refractivity contribution < 1.29 is 14.2 Å². The molecule has 0 aliphatic heterocycles. The SMILES string of the molecule is COc1cc(OC)cc(Oc2ccc(C(N)=S)cn2)c1. The zero-order valence-electron chi connectivity index (χ0n) is 11.1. The minimum atomic E-state index is 0.298. The highest BCUT2D eigenvalue weighted by atomic mass is 32.1. The number of aromatic nitrogens is 1. The Morgan fingerprint density at radius 3 is 2.10 bits per heavy atom. The van der Waals surface area contributed by atoms with E-state index >= 15 is 0 Å². The molecule has 0 unspecified atom stereocenters. The third-order valence-corrected chi connectivity index (χ3v) is 2.80. The number of ether oxygens (including phenoxy) is 3. The summed E-state index contributed by atoms with van der Waals surface area (Å²) >= 11 is 4.86. The molecule has 0 saturated carbocycles. The van der Waals surface area contributed by atoms with Crippen molar-refractivity contribution in [1.82, 2.24) is 4.98 Å². The van der Waals surface area contributed by atoms with Crippen molar-refractivity contribution in [3.05, 3.63) is 42.1 Å². The number of thiocarbonyl (C=S) groups is 1. The van der Waals surface area contributed by atoms with Gasteiger partial charge in [-0.15, -0.1) is 0 Å². The molecule has 20 heavy (non-hydrogen) atoms. The highest BCUT2D eigenvalue weighted by Crippen LogP contribution is 2.30. The van der Waals surface area contributed by atoms with Crippen LogP contribution in [0.2, 0.25) is 0 Å². The lowest BCUT2D eigenvalue weighted by atomic mass is 10.3. The third-order valence-electron chi connectivity index (χ3n) is 2.57. The van der Waals surface area contributed by atoms with Crippen molar-refractivity contribution in [2.75, 3.05) is 14.2 Å². The van der Waals surface area contributed by atoms with Gasteiger partial charge in [-0.1, -0.05) is 12.2 Å². The molecule has 2 aromatic rings. The summed E-state index contributed by atoms with van der Waals surface area (Å²) in [6, 6.07) is 8.69. The number of hydrogen-bond donors (Lipinski definition) is 1. The first-order valence-electron chi connectivity index (χ1n) is 5.79. The smallest absolute Gasteiger partial charge is 0.219 e. The lowest BCUT2D eigenvalue weighted by molar-refractivity contribution is 0.385. The molecule has 5 nitrogen and oxygen atoms in total. The van der Waals surface area contributed by atoms with Gasteiger partial charge < -0.3 is 19.9 Å². The van der Waals surface area contributed by atoms with Crippen molar-refractivity contribution >= 4 is 17.2 Å². The standard InChI is InChI=1S/C14H14N2O3S/c1-17-10-5-11(18-2)7-12(6-10)19-13-4-3-9(8-16-13)14(15)20/h3-8H,1-2H3,(H2,15,20). The molecule has 0 aliphatic carbocycles. The van der Waals surface area contributed by atoms with E-state index in [1.54, 1.807) is 50.7 Å². The molecule has 2 N–H and O–H groups in total. The van der Waals surface area contributed by atoms with Gasteiger partial charge in [0, 0.05) is 36.0 Å². The predicted octanol–water partition coefficient (Wildman–Crippen LogP) is 2.53. The van der Waals surface area contributed by atoms with E-state index in [0.717, 1.165) is 0 Å². The van der Waals surface area contributed by atoms with E-state index in [9.17, 15) is 0 Å². The summed E-state index contributed by atoms with van der Waals surface area (Å²) < 4.78 is 16.0. The lowest BCUT2D eigenvalue weighted by Gasteiger charge is -2.09. The second kappa shape index (κ2) is 6.21. The summed E-state index contributed by atoms with van der Waals surface area (Å²) in [6.45, 7) is 0. The Morgan fingerprint density at radius 1 is 1.05 bits per heavy atom. The van der Waals surface area contributed by atoms with E-state index in [0.29, 0.717) is 33.7 Å². The molecule has 0 fully saturated rings. The lowest BCUT2D eigenvalue weighted by Crippen LogP contribution is -2.09. The van der Waals surface area contributed by atoms with Gasteiger partial charge in [-0.25, -0.2) is 4.98 Å². The molecule has 0 bridgehead atoms. The number of nitrogens with two attached hydrogens (primary N) is 1. The Bertz CT molecular complexity index is 592. The second-order valence-corrected chi connectivity index (χ2v) is 4.34. The zero-order chi connectivity index (χ0) is 14.5. The van der Waals surface area contributed by atoms with E-state index in [4.69, 9.17) is 32.2 Å². The van der Waals surface area contributed by atoms with Gasteiger partial charge in [0.25, 0.3) is 0 Å². The Balaban J connectivity index is 2.22. The normalized spacial score (nSPS) is 9.90. The van der Waals surface area contributed by atoms with Gasteiger partial charge in [-0.3, -0.25) is 0 Å². The molecule has 0 aliphatic rings. The van der Waals surface area contributed by atoms with Crippen LogP contribution in [0.25, 0.3) is 0 Å². The Kier molecular flexibility index (Phi) is 4.37. The summed E-state index contributed by atoms with van der Waals surface area (Å²) in [5.41, 5.74) is 6.20. The van der Waals surface area contributed by atoms with Crippen molar-refractivity contribution in [2.45, 2.75) is 0 Å². The second-order valence-electron chi connectivity index (χ2n) is 3.90. The summed E-state index contributed by atoms with van der Waals surface area (Å²) in [4.78, 5) is 4.43. The Labute approximate surface area is 122 Å². The molecular weight excluding hydrogens is 276 g/mol. The number of nitrogens with zero attached hydrogens (tertiary/aromatic N) is 1. The first-order valence-corrected chi connectivity index (χ1v) is 6.20. The number of methoxy groups -OCH3 is 2. The summed E-state index contributed by atoms with van der Waals surface area (Å²) in [5.74, 6) is 2.27. The van der Waals surface area contributed by atoms with Crippen LogP contribution >= 0.6 is 12.2 Å². The van der Waals surface area contributed by atoms with E-state index < -0.39 is 0 Å². The van der Waals surface area contributed by atoms with Crippen molar-refractivity contribution in [2.24, 2.45) is 5.73 Å². The van der Waals surface area contributed by atoms with Gasteiger partial charge >= 0.3 is 0 Å². The highest BCUT2D eigenvalue weighted by Gasteiger charge is 2.05. The van der Waals surface area contributed by atoms with Crippen LogP contribution in [0.4, 0.5) is 0 Å². The molecular formula is C14H14N2O3S. The molecule has 2 rings (SSSR count). The van der Waals surface area contributed by atoms with E-state index in [2.05, 4.69) is 4.98 Å². The molecule has 6 heteroatoms. The predicted molar refractivity (Wildman–Crippen MR) is 79.7 cm³/mol. The zero-order valence-corrected chi connectivity index (χ0v) is 11.9. The van der Waals surface area contributed by atoms with Crippen LogP contribution in [-0.2, 0) is 0 Å². The Hall–Kier alpha value is -2.34. The minimum absolute atomic E-state index is 0.298. The first-order chi connectivity index (χ1) is 9.62. The average Bonchev–Trinajstić information content (AvgIpc) is 2.47. The van der Waals surface area contributed by atoms with Gasteiger partial charge in [0.2, 0.25) is 5.88 Å². The van der Waals surface area contributed by atoms with E-state index in [1.165, 1.54) is 0 Å². The van der Waals surface area contributed by atoms with Gasteiger partial charge in [0.05, 0.1) is 14.2 Å². The third kappa shape index (κ3) is 3.36. The number of benzene rings is 1. The van der Waals surface area contributed by atoms with Gasteiger partial charge in [0.1, 0.15) is 22.2 Å². The molecule has 104 valence electrons. The molecule has 0 atom stereocenters. The van der Waals surface area contributed by atoms with Crippen molar-refractivity contribution in [3.8, 4) is 23.1 Å². The maximum atomic E-state index is 5.64. The minimum Gasteiger partial charge on any atom is -0.496 e.